The van der Waals surface area contributed by atoms with E-state index in [1.54, 1.807) is 36.4 Å². The Labute approximate surface area is 196 Å². The Morgan fingerprint density at radius 3 is 2.36 bits per heavy atom. The van der Waals surface area contributed by atoms with E-state index in [4.69, 9.17) is 21.1 Å². The van der Waals surface area contributed by atoms with Crippen molar-refractivity contribution in [1.29, 1.82) is 0 Å². The van der Waals surface area contributed by atoms with Crippen LogP contribution in [0.4, 0.5) is 5.69 Å². The normalized spacial score (nSPS) is 17.3. The highest BCUT2D eigenvalue weighted by Gasteiger charge is 2.47. The Bertz CT molecular complexity index is 1270. The van der Waals surface area contributed by atoms with Gasteiger partial charge >= 0.3 is 0 Å². The number of ketones is 1. The van der Waals surface area contributed by atoms with Crippen molar-refractivity contribution in [2.75, 3.05) is 19.1 Å². The van der Waals surface area contributed by atoms with Crippen LogP contribution in [0.3, 0.4) is 0 Å². The van der Waals surface area contributed by atoms with Gasteiger partial charge in [-0.2, -0.15) is 0 Å². The average Bonchev–Trinajstić information content (AvgIpc) is 3.10. The van der Waals surface area contributed by atoms with Crippen LogP contribution >= 0.6 is 11.6 Å². The third kappa shape index (κ3) is 3.94. The van der Waals surface area contributed by atoms with E-state index in [9.17, 15) is 14.7 Å². The molecule has 1 heterocycles. The highest BCUT2D eigenvalue weighted by atomic mass is 35.5. The van der Waals surface area contributed by atoms with Crippen LogP contribution in [-0.2, 0) is 9.59 Å². The number of aliphatic hydroxyl groups excluding tert-OH is 1. The molecule has 0 aromatic heterocycles. The number of halogens is 1. The quantitative estimate of drug-likeness (QED) is 0.316. The Morgan fingerprint density at radius 1 is 0.970 bits per heavy atom. The second-order valence-electron chi connectivity index (χ2n) is 7.58. The lowest BCUT2D eigenvalue weighted by Gasteiger charge is -2.27. The monoisotopic (exact) mass is 463 g/mol. The largest absolute Gasteiger partial charge is 0.507 e. The molecule has 1 unspecified atom stereocenters. The van der Waals surface area contributed by atoms with E-state index in [1.165, 1.54) is 19.1 Å². The lowest BCUT2D eigenvalue weighted by molar-refractivity contribution is -0.132. The molecule has 0 saturated carbocycles. The summed E-state index contributed by atoms with van der Waals surface area (Å²) < 4.78 is 10.6. The molecule has 1 aliphatic heterocycles. The summed E-state index contributed by atoms with van der Waals surface area (Å²) in [6.07, 6.45) is 0. The minimum Gasteiger partial charge on any atom is -0.507 e. The minimum absolute atomic E-state index is 0.0333. The van der Waals surface area contributed by atoms with Crippen LogP contribution in [0.5, 0.6) is 11.5 Å². The van der Waals surface area contributed by atoms with Crippen molar-refractivity contribution < 1.29 is 24.2 Å². The van der Waals surface area contributed by atoms with Crippen LogP contribution in [-0.4, -0.2) is 31.0 Å². The molecule has 7 heteroatoms. The van der Waals surface area contributed by atoms with Crippen molar-refractivity contribution in [2.24, 2.45) is 0 Å². The number of carbonyl (C=O) groups is 2. The number of methoxy groups -OCH3 is 2. The molecule has 1 N–H and O–H groups in total. The van der Waals surface area contributed by atoms with E-state index in [1.807, 2.05) is 37.3 Å². The summed E-state index contributed by atoms with van der Waals surface area (Å²) in [5.41, 5.74) is 2.18. The Hall–Kier alpha value is -3.77. The number of nitrogens with zero attached hydrogens (tertiary/aromatic N) is 1. The predicted molar refractivity (Wildman–Crippen MR) is 127 cm³/mol. The number of carbonyl (C=O) groups excluding carboxylic acids is 2. The van der Waals surface area contributed by atoms with Gasteiger partial charge in [-0.25, -0.2) is 0 Å². The molecule has 0 bridgehead atoms. The second-order valence-corrected chi connectivity index (χ2v) is 8.01. The first kappa shape index (κ1) is 22.4. The van der Waals surface area contributed by atoms with E-state index in [2.05, 4.69) is 0 Å². The summed E-state index contributed by atoms with van der Waals surface area (Å²) in [6, 6.07) is 18.2. The molecule has 1 amide bonds. The number of hydrogen-bond donors (Lipinski definition) is 1. The van der Waals surface area contributed by atoms with E-state index in [0.717, 1.165) is 5.56 Å². The van der Waals surface area contributed by atoms with Crippen molar-refractivity contribution >= 4 is 34.7 Å². The molecule has 0 radical (unpaired) electrons. The molecule has 1 fully saturated rings. The number of hydrogen-bond acceptors (Lipinski definition) is 5. The number of anilines is 1. The molecule has 1 saturated heterocycles. The van der Waals surface area contributed by atoms with Gasteiger partial charge in [0, 0.05) is 16.8 Å². The molecular weight excluding hydrogens is 442 g/mol. The van der Waals surface area contributed by atoms with E-state index >= 15 is 0 Å². The third-order valence-electron chi connectivity index (χ3n) is 5.65. The molecule has 33 heavy (non-hydrogen) atoms. The summed E-state index contributed by atoms with van der Waals surface area (Å²) in [7, 11) is 2.97. The smallest absolute Gasteiger partial charge is 0.300 e. The summed E-state index contributed by atoms with van der Waals surface area (Å²) in [4.78, 5) is 28.0. The first-order valence-electron chi connectivity index (χ1n) is 10.2. The molecule has 3 aromatic carbocycles. The number of amides is 1. The van der Waals surface area contributed by atoms with Crippen LogP contribution < -0.4 is 14.4 Å². The van der Waals surface area contributed by atoms with Gasteiger partial charge in [0.15, 0.2) is 0 Å². The number of aliphatic hydroxyl groups is 1. The fourth-order valence-electron chi connectivity index (χ4n) is 4.01. The van der Waals surface area contributed by atoms with Gasteiger partial charge in [-0.15, -0.1) is 0 Å². The molecular formula is C26H22ClNO5. The fraction of sp³-hybridized carbons (Fsp3) is 0.154. The number of rotatable bonds is 5. The SMILES string of the molecule is COc1ccc(/C(O)=C2/C(=O)C(=O)N(c3cc(Cl)ccc3C)C2c2ccccc2)c(OC)c1. The maximum Gasteiger partial charge on any atom is 0.300 e. The molecule has 3 aromatic rings. The standard InChI is InChI=1S/C26H22ClNO5/c1-15-9-10-17(27)13-20(15)28-23(16-7-5-4-6-8-16)22(25(30)26(28)31)24(29)19-12-11-18(32-2)14-21(19)33-3/h4-14,23,29H,1-3H3/b24-22-. The van der Waals surface area contributed by atoms with Gasteiger partial charge in [0.25, 0.3) is 11.7 Å². The number of benzene rings is 3. The third-order valence-corrected chi connectivity index (χ3v) is 5.89. The first-order valence-corrected chi connectivity index (χ1v) is 10.6. The molecule has 168 valence electrons. The first-order chi connectivity index (χ1) is 15.9. The van der Waals surface area contributed by atoms with Crippen molar-refractivity contribution in [3.8, 4) is 11.5 Å². The van der Waals surface area contributed by atoms with E-state index < -0.39 is 17.7 Å². The van der Waals surface area contributed by atoms with Crippen molar-refractivity contribution in [2.45, 2.75) is 13.0 Å². The second kappa shape index (κ2) is 9.00. The van der Waals surface area contributed by atoms with Gasteiger partial charge in [-0.05, 0) is 42.3 Å². The molecule has 6 nitrogen and oxygen atoms in total. The van der Waals surface area contributed by atoms with Crippen LogP contribution in [0.1, 0.15) is 22.7 Å². The zero-order chi connectivity index (χ0) is 23.7. The van der Waals surface area contributed by atoms with Crippen LogP contribution in [0.2, 0.25) is 5.02 Å². The fourth-order valence-corrected chi connectivity index (χ4v) is 4.18. The topological polar surface area (TPSA) is 76.1 Å². The van der Waals surface area contributed by atoms with E-state index in [-0.39, 0.29) is 16.9 Å². The molecule has 1 aliphatic rings. The van der Waals surface area contributed by atoms with Crippen LogP contribution in [0.15, 0.2) is 72.3 Å². The summed E-state index contributed by atoms with van der Waals surface area (Å²) in [5.74, 6) is -1.03. The Kier molecular flexibility index (Phi) is 6.11. The Morgan fingerprint density at radius 2 is 1.70 bits per heavy atom. The molecule has 0 spiro atoms. The number of Topliss-reactive ketones (excluding diaryl/α,β-unsaturated/α-hetero) is 1. The minimum atomic E-state index is -0.852. The maximum absolute atomic E-state index is 13.3. The van der Waals surface area contributed by atoms with Crippen molar-refractivity contribution in [3.05, 3.63) is 94.0 Å². The maximum atomic E-state index is 13.3. The van der Waals surface area contributed by atoms with Crippen LogP contribution in [0, 0.1) is 6.92 Å². The van der Waals surface area contributed by atoms with Crippen molar-refractivity contribution in [1.82, 2.24) is 0 Å². The van der Waals surface area contributed by atoms with Crippen LogP contribution in [0.25, 0.3) is 5.76 Å². The number of aryl methyl sites for hydroxylation is 1. The van der Waals surface area contributed by atoms with Gasteiger partial charge in [-0.1, -0.05) is 48.0 Å². The summed E-state index contributed by atoms with van der Waals surface area (Å²) >= 11 is 6.22. The lowest BCUT2D eigenvalue weighted by atomic mass is 9.94. The van der Waals surface area contributed by atoms with E-state index in [0.29, 0.717) is 27.8 Å². The highest BCUT2D eigenvalue weighted by molar-refractivity contribution is 6.52. The van der Waals surface area contributed by atoms with Gasteiger partial charge in [0.1, 0.15) is 17.3 Å². The zero-order valence-electron chi connectivity index (χ0n) is 18.3. The van der Waals surface area contributed by atoms with Gasteiger partial charge in [-0.3, -0.25) is 14.5 Å². The molecule has 4 rings (SSSR count). The zero-order valence-corrected chi connectivity index (χ0v) is 19.1. The number of ether oxygens (including phenoxy) is 2. The predicted octanol–water partition coefficient (Wildman–Crippen LogP) is 5.29. The summed E-state index contributed by atoms with van der Waals surface area (Å²) in [5, 5.41) is 11.8. The van der Waals surface area contributed by atoms with Gasteiger partial charge < -0.3 is 14.6 Å². The Balaban J connectivity index is 1.98. The molecule has 1 atom stereocenters. The average molecular weight is 464 g/mol. The highest BCUT2D eigenvalue weighted by Crippen LogP contribution is 2.44. The molecule has 0 aliphatic carbocycles. The van der Waals surface area contributed by atoms with Crippen molar-refractivity contribution in [3.63, 3.8) is 0 Å². The summed E-state index contributed by atoms with van der Waals surface area (Å²) in [6.45, 7) is 1.83. The van der Waals surface area contributed by atoms with Gasteiger partial charge in [0.05, 0.1) is 31.4 Å². The lowest BCUT2D eigenvalue weighted by Crippen LogP contribution is -2.30. The van der Waals surface area contributed by atoms with Gasteiger partial charge in [0.2, 0.25) is 0 Å².